The van der Waals surface area contributed by atoms with E-state index in [2.05, 4.69) is 11.9 Å². The van der Waals surface area contributed by atoms with Gasteiger partial charge in [0.2, 0.25) is 0 Å². The van der Waals surface area contributed by atoms with Crippen molar-refractivity contribution in [3.63, 3.8) is 0 Å². The standard InChI is InChI=1S/C21H26N2O3.ClH/c1-13(2)23-19-7-5-4-6-14(19)10-18(20(23)24)21(25)26-17-11-15-8-9-16(12-17)22(15)3;/h4-7,10,13,15-17H,8-9,11-12H2,1-3H3;1H. The smallest absolute Gasteiger partial charge is 0.344 e. The summed E-state index contributed by atoms with van der Waals surface area (Å²) in [7, 11) is 2.16. The van der Waals surface area contributed by atoms with E-state index in [-0.39, 0.29) is 35.7 Å². The summed E-state index contributed by atoms with van der Waals surface area (Å²) < 4.78 is 7.48. The van der Waals surface area contributed by atoms with Crippen LogP contribution in [-0.4, -0.2) is 40.7 Å². The Hall–Kier alpha value is -1.85. The van der Waals surface area contributed by atoms with E-state index in [1.165, 1.54) is 12.8 Å². The van der Waals surface area contributed by atoms with Gasteiger partial charge in [-0.3, -0.25) is 4.79 Å². The van der Waals surface area contributed by atoms with Crippen molar-refractivity contribution in [2.45, 2.75) is 63.8 Å². The molecule has 4 rings (SSSR count). The van der Waals surface area contributed by atoms with Crippen molar-refractivity contribution >= 4 is 29.3 Å². The van der Waals surface area contributed by atoms with Crippen LogP contribution < -0.4 is 5.56 Å². The van der Waals surface area contributed by atoms with E-state index < -0.39 is 5.97 Å². The van der Waals surface area contributed by atoms with Crippen LogP contribution >= 0.6 is 12.4 Å². The average Bonchev–Trinajstić information content (AvgIpc) is 2.82. The number of halogens is 1. The highest BCUT2D eigenvalue weighted by Gasteiger charge is 2.40. The molecule has 2 saturated heterocycles. The second-order valence-electron chi connectivity index (χ2n) is 7.93. The monoisotopic (exact) mass is 390 g/mol. The van der Waals surface area contributed by atoms with E-state index in [0.29, 0.717) is 12.1 Å². The molecule has 5 nitrogen and oxygen atoms in total. The van der Waals surface area contributed by atoms with Crippen LogP contribution in [-0.2, 0) is 4.74 Å². The number of nitrogens with zero attached hydrogens (tertiary/aromatic N) is 2. The topological polar surface area (TPSA) is 51.5 Å². The molecule has 3 heterocycles. The third-order valence-corrected chi connectivity index (χ3v) is 6.01. The Balaban J connectivity index is 0.00000210. The number of benzene rings is 1. The first-order chi connectivity index (χ1) is 12.5. The molecule has 2 bridgehead atoms. The summed E-state index contributed by atoms with van der Waals surface area (Å²) in [6.45, 7) is 3.91. The number of piperidine rings is 1. The molecule has 6 heteroatoms. The number of rotatable bonds is 3. The Bertz CT molecular complexity index is 894. The predicted molar refractivity (Wildman–Crippen MR) is 109 cm³/mol. The maximum absolute atomic E-state index is 13.0. The van der Waals surface area contributed by atoms with Gasteiger partial charge < -0.3 is 14.2 Å². The molecule has 2 unspecified atom stereocenters. The fraction of sp³-hybridized carbons (Fsp3) is 0.524. The second kappa shape index (κ2) is 7.64. The van der Waals surface area contributed by atoms with Crippen molar-refractivity contribution in [2.24, 2.45) is 0 Å². The Morgan fingerprint density at radius 2 is 1.78 bits per heavy atom. The molecule has 0 radical (unpaired) electrons. The largest absolute Gasteiger partial charge is 0.459 e. The van der Waals surface area contributed by atoms with Gasteiger partial charge in [-0.15, -0.1) is 12.4 Å². The lowest BCUT2D eigenvalue weighted by molar-refractivity contribution is -0.000644. The Kier molecular flexibility index (Phi) is 5.63. The van der Waals surface area contributed by atoms with E-state index in [1.807, 2.05) is 38.1 Å². The Labute approximate surface area is 165 Å². The van der Waals surface area contributed by atoms with Crippen LogP contribution in [0.3, 0.4) is 0 Å². The lowest BCUT2D eigenvalue weighted by Gasteiger charge is -2.35. The molecular formula is C21H27ClN2O3. The SMILES string of the molecule is CC(C)n1c(=O)c(C(=O)OC2CC3CCC(C2)N3C)cc2ccccc21.Cl. The minimum Gasteiger partial charge on any atom is -0.459 e. The van der Waals surface area contributed by atoms with Crippen LogP contribution in [0.4, 0.5) is 0 Å². The van der Waals surface area contributed by atoms with E-state index in [1.54, 1.807) is 10.6 Å². The first-order valence-electron chi connectivity index (χ1n) is 9.53. The van der Waals surface area contributed by atoms with Crippen LogP contribution in [0, 0.1) is 0 Å². The van der Waals surface area contributed by atoms with Gasteiger partial charge in [-0.2, -0.15) is 0 Å². The summed E-state index contributed by atoms with van der Waals surface area (Å²) in [5.41, 5.74) is 0.727. The zero-order valence-corrected chi connectivity index (χ0v) is 16.9. The molecule has 27 heavy (non-hydrogen) atoms. The van der Waals surface area contributed by atoms with Gasteiger partial charge in [0.1, 0.15) is 11.7 Å². The summed E-state index contributed by atoms with van der Waals surface area (Å²) in [6, 6.07) is 10.3. The fourth-order valence-corrected chi connectivity index (χ4v) is 4.62. The molecule has 2 aliphatic heterocycles. The van der Waals surface area contributed by atoms with Gasteiger partial charge in [0.05, 0.1) is 5.52 Å². The molecule has 2 aliphatic rings. The van der Waals surface area contributed by atoms with Crippen LogP contribution in [0.5, 0.6) is 0 Å². The number of pyridine rings is 1. The van der Waals surface area contributed by atoms with Crippen LogP contribution in [0.25, 0.3) is 10.9 Å². The zero-order chi connectivity index (χ0) is 18.4. The minimum absolute atomic E-state index is 0. The summed E-state index contributed by atoms with van der Waals surface area (Å²) in [6.07, 6.45) is 3.99. The number of ether oxygens (including phenoxy) is 1. The van der Waals surface area contributed by atoms with Gasteiger partial charge in [-0.25, -0.2) is 4.79 Å². The number of esters is 1. The van der Waals surface area contributed by atoms with Gasteiger partial charge in [0.15, 0.2) is 0 Å². The van der Waals surface area contributed by atoms with Gasteiger partial charge in [0, 0.05) is 31.0 Å². The lowest BCUT2D eigenvalue weighted by atomic mass is 10.0. The third-order valence-electron chi connectivity index (χ3n) is 6.01. The minimum atomic E-state index is -0.482. The molecule has 0 N–H and O–H groups in total. The Morgan fingerprint density at radius 3 is 2.41 bits per heavy atom. The summed E-state index contributed by atoms with van der Waals surface area (Å²) in [4.78, 5) is 28.2. The first-order valence-corrected chi connectivity index (χ1v) is 9.53. The molecule has 0 spiro atoms. The molecule has 2 atom stereocenters. The van der Waals surface area contributed by atoms with Gasteiger partial charge in [-0.1, -0.05) is 18.2 Å². The quantitative estimate of drug-likeness (QED) is 0.748. The number of carbonyl (C=O) groups is 1. The molecular weight excluding hydrogens is 364 g/mol. The summed E-state index contributed by atoms with van der Waals surface area (Å²) in [5.74, 6) is -0.482. The van der Waals surface area contributed by atoms with Crippen LogP contribution in [0.1, 0.15) is 55.9 Å². The highest BCUT2D eigenvalue weighted by molar-refractivity contribution is 5.94. The number of aromatic nitrogens is 1. The molecule has 1 aromatic carbocycles. The number of fused-ring (bicyclic) bond motifs is 3. The van der Waals surface area contributed by atoms with Gasteiger partial charge in [0.25, 0.3) is 5.56 Å². The highest BCUT2D eigenvalue weighted by atomic mass is 35.5. The molecule has 0 saturated carbocycles. The van der Waals surface area contributed by atoms with Gasteiger partial charge >= 0.3 is 5.97 Å². The molecule has 2 fully saturated rings. The maximum atomic E-state index is 13.0. The summed E-state index contributed by atoms with van der Waals surface area (Å²) in [5, 5.41) is 0.885. The van der Waals surface area contributed by atoms with Crippen LogP contribution in [0.15, 0.2) is 35.1 Å². The van der Waals surface area contributed by atoms with E-state index in [0.717, 1.165) is 23.7 Å². The van der Waals surface area contributed by atoms with Crippen molar-refractivity contribution in [2.75, 3.05) is 7.05 Å². The summed E-state index contributed by atoms with van der Waals surface area (Å²) >= 11 is 0. The number of hydrogen-bond acceptors (Lipinski definition) is 4. The lowest BCUT2D eigenvalue weighted by Crippen LogP contribution is -2.43. The fourth-order valence-electron chi connectivity index (χ4n) is 4.62. The van der Waals surface area contributed by atoms with E-state index >= 15 is 0 Å². The first kappa shape index (κ1) is 19.9. The number of carbonyl (C=O) groups excluding carboxylic acids is 1. The van der Waals surface area contributed by atoms with Crippen molar-refractivity contribution in [1.82, 2.24) is 9.47 Å². The van der Waals surface area contributed by atoms with E-state index in [9.17, 15) is 9.59 Å². The maximum Gasteiger partial charge on any atom is 0.344 e. The average molecular weight is 391 g/mol. The third kappa shape index (κ3) is 3.50. The molecule has 146 valence electrons. The predicted octanol–water partition coefficient (Wildman–Crippen LogP) is 3.79. The van der Waals surface area contributed by atoms with Crippen molar-refractivity contribution in [3.05, 3.63) is 46.2 Å². The van der Waals surface area contributed by atoms with Crippen molar-refractivity contribution < 1.29 is 9.53 Å². The highest BCUT2D eigenvalue weighted by Crippen LogP contribution is 2.35. The Morgan fingerprint density at radius 1 is 1.15 bits per heavy atom. The van der Waals surface area contributed by atoms with E-state index in [4.69, 9.17) is 4.74 Å². The zero-order valence-electron chi connectivity index (χ0n) is 16.1. The molecule has 2 aromatic rings. The number of hydrogen-bond donors (Lipinski definition) is 0. The second-order valence-corrected chi connectivity index (χ2v) is 7.93. The van der Waals surface area contributed by atoms with Crippen molar-refractivity contribution in [3.8, 4) is 0 Å². The van der Waals surface area contributed by atoms with Crippen LogP contribution in [0.2, 0.25) is 0 Å². The van der Waals surface area contributed by atoms with Crippen molar-refractivity contribution in [1.29, 1.82) is 0 Å². The molecule has 0 amide bonds. The normalized spacial score (nSPS) is 24.8. The number of para-hydroxylation sites is 1. The van der Waals surface area contributed by atoms with Gasteiger partial charge in [-0.05, 0) is 51.3 Å². The molecule has 1 aromatic heterocycles. The molecule has 0 aliphatic carbocycles.